The normalized spacial score (nSPS) is 15.2. The Bertz CT molecular complexity index is 705. The van der Waals surface area contributed by atoms with Crippen LogP contribution in [0, 0.1) is 5.82 Å². The molecule has 1 fully saturated rings. The zero-order valence-corrected chi connectivity index (χ0v) is 13.9. The molecule has 6 heteroatoms. The van der Waals surface area contributed by atoms with Crippen LogP contribution in [-0.4, -0.2) is 35.8 Å². The number of carbonyl (C=O) groups is 2. The number of halogens is 1. The van der Waals surface area contributed by atoms with E-state index in [-0.39, 0.29) is 23.7 Å². The van der Waals surface area contributed by atoms with Crippen LogP contribution in [0.15, 0.2) is 47.1 Å². The summed E-state index contributed by atoms with van der Waals surface area (Å²) in [4.78, 5) is 26.1. The van der Waals surface area contributed by atoms with Gasteiger partial charge in [0.1, 0.15) is 5.82 Å². The molecule has 3 rings (SSSR count). The summed E-state index contributed by atoms with van der Waals surface area (Å²) < 4.78 is 18.0. The SMILES string of the molecule is O=C(NC1CCN(C(=O)CCc2ccc(F)cc2)CC1)c1ccco1. The maximum absolute atomic E-state index is 12.9. The van der Waals surface area contributed by atoms with Crippen molar-refractivity contribution in [3.63, 3.8) is 0 Å². The Morgan fingerprint density at radius 2 is 1.88 bits per heavy atom. The Kier molecular flexibility index (Phi) is 5.48. The molecule has 25 heavy (non-hydrogen) atoms. The molecule has 0 saturated carbocycles. The number of amides is 2. The Balaban J connectivity index is 1.41. The number of likely N-dealkylation sites (tertiary alicyclic amines) is 1. The number of nitrogens with one attached hydrogen (secondary N) is 1. The van der Waals surface area contributed by atoms with Crippen molar-refractivity contribution in [3.8, 4) is 0 Å². The smallest absolute Gasteiger partial charge is 0.287 e. The molecule has 5 nitrogen and oxygen atoms in total. The topological polar surface area (TPSA) is 62.6 Å². The van der Waals surface area contributed by atoms with E-state index >= 15 is 0 Å². The standard InChI is InChI=1S/C19H21FN2O3/c20-15-6-3-14(4-7-15)5-8-18(23)22-11-9-16(10-12-22)21-19(24)17-2-1-13-25-17/h1-4,6-7,13,16H,5,8-12H2,(H,21,24). The first-order valence-corrected chi connectivity index (χ1v) is 8.48. The van der Waals surface area contributed by atoms with Gasteiger partial charge in [-0.15, -0.1) is 0 Å². The second-order valence-electron chi connectivity index (χ2n) is 6.23. The van der Waals surface area contributed by atoms with E-state index in [2.05, 4.69) is 5.32 Å². The van der Waals surface area contributed by atoms with Gasteiger partial charge in [-0.3, -0.25) is 9.59 Å². The van der Waals surface area contributed by atoms with Gasteiger partial charge in [-0.05, 0) is 49.1 Å². The van der Waals surface area contributed by atoms with Crippen molar-refractivity contribution in [3.05, 3.63) is 59.8 Å². The Labute approximate surface area is 145 Å². The van der Waals surface area contributed by atoms with Crippen LogP contribution in [0.4, 0.5) is 4.39 Å². The van der Waals surface area contributed by atoms with Crippen molar-refractivity contribution in [2.75, 3.05) is 13.1 Å². The van der Waals surface area contributed by atoms with Crippen LogP contribution in [0.25, 0.3) is 0 Å². The molecule has 2 heterocycles. The fourth-order valence-corrected chi connectivity index (χ4v) is 3.00. The van der Waals surface area contributed by atoms with E-state index in [1.165, 1.54) is 18.4 Å². The van der Waals surface area contributed by atoms with Crippen LogP contribution < -0.4 is 5.32 Å². The maximum Gasteiger partial charge on any atom is 0.287 e. The number of furan rings is 1. The highest BCUT2D eigenvalue weighted by molar-refractivity contribution is 5.91. The van der Waals surface area contributed by atoms with Gasteiger partial charge in [0.2, 0.25) is 5.91 Å². The highest BCUT2D eigenvalue weighted by atomic mass is 19.1. The number of hydrogen-bond donors (Lipinski definition) is 1. The molecule has 1 saturated heterocycles. The lowest BCUT2D eigenvalue weighted by Crippen LogP contribution is -2.46. The largest absolute Gasteiger partial charge is 0.459 e. The summed E-state index contributed by atoms with van der Waals surface area (Å²) in [5.41, 5.74) is 0.954. The Hall–Kier alpha value is -2.63. The highest BCUT2D eigenvalue weighted by Crippen LogP contribution is 2.14. The van der Waals surface area contributed by atoms with E-state index in [1.54, 1.807) is 24.3 Å². The van der Waals surface area contributed by atoms with Crippen LogP contribution in [0.5, 0.6) is 0 Å². The van der Waals surface area contributed by atoms with E-state index in [1.807, 2.05) is 4.90 Å². The van der Waals surface area contributed by atoms with Gasteiger partial charge >= 0.3 is 0 Å². The molecular weight excluding hydrogens is 323 g/mol. The molecule has 1 N–H and O–H groups in total. The number of hydrogen-bond acceptors (Lipinski definition) is 3. The lowest BCUT2D eigenvalue weighted by Gasteiger charge is -2.32. The molecule has 0 atom stereocenters. The van der Waals surface area contributed by atoms with Crippen molar-refractivity contribution in [1.29, 1.82) is 0 Å². The first kappa shape index (κ1) is 17.2. The summed E-state index contributed by atoms with van der Waals surface area (Å²) in [6, 6.07) is 9.59. The first-order valence-electron chi connectivity index (χ1n) is 8.48. The summed E-state index contributed by atoms with van der Waals surface area (Å²) in [5, 5.41) is 2.94. The van der Waals surface area contributed by atoms with E-state index in [9.17, 15) is 14.0 Å². The average molecular weight is 344 g/mol. The van der Waals surface area contributed by atoms with Crippen LogP contribution >= 0.6 is 0 Å². The number of aryl methyl sites for hydroxylation is 1. The molecule has 0 radical (unpaired) electrons. The quantitative estimate of drug-likeness (QED) is 0.907. The Morgan fingerprint density at radius 3 is 2.52 bits per heavy atom. The third kappa shape index (κ3) is 4.68. The van der Waals surface area contributed by atoms with Gasteiger partial charge in [0.15, 0.2) is 5.76 Å². The molecular formula is C19H21FN2O3. The first-order chi connectivity index (χ1) is 12.1. The Morgan fingerprint density at radius 1 is 1.16 bits per heavy atom. The second-order valence-corrected chi connectivity index (χ2v) is 6.23. The zero-order valence-electron chi connectivity index (χ0n) is 13.9. The molecule has 2 amide bonds. The number of nitrogens with zero attached hydrogens (tertiary/aromatic N) is 1. The van der Waals surface area contributed by atoms with E-state index in [0.29, 0.717) is 31.7 Å². The van der Waals surface area contributed by atoms with Gasteiger partial charge < -0.3 is 14.6 Å². The van der Waals surface area contributed by atoms with Crippen molar-refractivity contribution in [1.82, 2.24) is 10.2 Å². The van der Waals surface area contributed by atoms with Crippen molar-refractivity contribution in [2.45, 2.75) is 31.7 Å². The molecule has 2 aromatic rings. The van der Waals surface area contributed by atoms with E-state index in [4.69, 9.17) is 4.42 Å². The molecule has 0 aliphatic carbocycles. The van der Waals surface area contributed by atoms with Crippen molar-refractivity contribution >= 4 is 11.8 Å². The van der Waals surface area contributed by atoms with Gasteiger partial charge in [-0.25, -0.2) is 4.39 Å². The fraction of sp³-hybridized carbons (Fsp3) is 0.368. The van der Waals surface area contributed by atoms with Crippen LogP contribution in [0.1, 0.15) is 35.4 Å². The maximum atomic E-state index is 12.9. The van der Waals surface area contributed by atoms with Crippen LogP contribution in [0.3, 0.4) is 0 Å². The van der Waals surface area contributed by atoms with Crippen molar-refractivity contribution in [2.24, 2.45) is 0 Å². The predicted octanol–water partition coefficient (Wildman–Crippen LogP) is 2.77. The van der Waals surface area contributed by atoms with Gasteiger partial charge in [-0.2, -0.15) is 0 Å². The zero-order chi connectivity index (χ0) is 17.6. The van der Waals surface area contributed by atoms with Crippen molar-refractivity contribution < 1.29 is 18.4 Å². The summed E-state index contributed by atoms with van der Waals surface area (Å²) in [6.07, 6.45) is 3.95. The van der Waals surface area contributed by atoms with Gasteiger partial charge in [0, 0.05) is 25.6 Å². The molecule has 1 aromatic carbocycles. The minimum absolute atomic E-state index is 0.0544. The fourth-order valence-electron chi connectivity index (χ4n) is 3.00. The van der Waals surface area contributed by atoms with Gasteiger partial charge in [0.05, 0.1) is 6.26 Å². The summed E-state index contributed by atoms with van der Waals surface area (Å²) in [6.45, 7) is 1.26. The molecule has 0 spiro atoms. The molecule has 1 aliphatic heterocycles. The molecule has 0 unspecified atom stereocenters. The summed E-state index contributed by atoms with van der Waals surface area (Å²) >= 11 is 0. The summed E-state index contributed by atoms with van der Waals surface area (Å²) in [5.74, 6) is -0.0854. The van der Waals surface area contributed by atoms with E-state index < -0.39 is 0 Å². The number of rotatable bonds is 5. The summed E-state index contributed by atoms with van der Waals surface area (Å²) in [7, 11) is 0. The molecule has 0 bridgehead atoms. The third-order valence-corrected chi connectivity index (χ3v) is 4.47. The lowest BCUT2D eigenvalue weighted by molar-refractivity contribution is -0.132. The minimum Gasteiger partial charge on any atom is -0.459 e. The van der Waals surface area contributed by atoms with E-state index in [0.717, 1.165) is 18.4 Å². The third-order valence-electron chi connectivity index (χ3n) is 4.47. The molecule has 1 aromatic heterocycles. The molecule has 1 aliphatic rings. The van der Waals surface area contributed by atoms with Crippen LogP contribution in [0.2, 0.25) is 0 Å². The van der Waals surface area contributed by atoms with Gasteiger partial charge in [0.25, 0.3) is 5.91 Å². The average Bonchev–Trinajstić information content (AvgIpc) is 3.16. The highest BCUT2D eigenvalue weighted by Gasteiger charge is 2.24. The monoisotopic (exact) mass is 344 g/mol. The number of piperidine rings is 1. The van der Waals surface area contributed by atoms with Crippen LogP contribution in [-0.2, 0) is 11.2 Å². The predicted molar refractivity (Wildman–Crippen MR) is 90.5 cm³/mol. The lowest BCUT2D eigenvalue weighted by atomic mass is 10.0. The minimum atomic E-state index is -0.270. The van der Waals surface area contributed by atoms with Gasteiger partial charge in [-0.1, -0.05) is 12.1 Å². The number of benzene rings is 1. The second kappa shape index (κ2) is 7.96. The number of carbonyl (C=O) groups excluding carboxylic acids is 2. The molecule has 132 valence electrons.